The number of hydrogen-bond acceptors (Lipinski definition) is 4. The van der Waals surface area contributed by atoms with Gasteiger partial charge in [-0.05, 0) is 19.9 Å². The second-order valence-corrected chi connectivity index (χ2v) is 3.03. The van der Waals surface area contributed by atoms with Crippen molar-refractivity contribution in [3.8, 4) is 11.8 Å². The number of nitrogens with zero attached hydrogens (tertiary/aromatic N) is 1. The number of anilines is 1. The van der Waals surface area contributed by atoms with Crippen LogP contribution in [0.5, 0.6) is 5.75 Å². The zero-order valence-electron chi connectivity index (χ0n) is 8.70. The molecule has 0 saturated heterocycles. The van der Waals surface area contributed by atoms with Crippen LogP contribution in [0.2, 0.25) is 0 Å². The molecule has 0 aromatic heterocycles. The Morgan fingerprint density at radius 1 is 1.60 bits per heavy atom. The normalized spacial score (nSPS) is 9.40. The van der Waals surface area contributed by atoms with Gasteiger partial charge in [-0.2, -0.15) is 5.26 Å². The van der Waals surface area contributed by atoms with Crippen molar-refractivity contribution in [1.82, 2.24) is 0 Å². The third-order valence-electron chi connectivity index (χ3n) is 1.96. The molecule has 1 rings (SSSR count). The van der Waals surface area contributed by atoms with E-state index >= 15 is 0 Å². The van der Waals surface area contributed by atoms with Crippen molar-refractivity contribution in [3.05, 3.63) is 23.3 Å². The molecule has 0 bridgehead atoms. The third kappa shape index (κ3) is 2.26. The maximum absolute atomic E-state index is 11.2. The molecule has 78 valence electrons. The van der Waals surface area contributed by atoms with Crippen LogP contribution in [-0.2, 0) is 0 Å². The molecule has 15 heavy (non-hydrogen) atoms. The molecule has 0 radical (unpaired) electrons. The first kappa shape index (κ1) is 11.1. The van der Waals surface area contributed by atoms with Gasteiger partial charge in [0.25, 0.3) is 0 Å². The van der Waals surface area contributed by atoms with Gasteiger partial charge in [0.05, 0.1) is 17.9 Å². The quantitative estimate of drug-likeness (QED) is 0.601. The highest BCUT2D eigenvalue weighted by atomic mass is 16.5. The summed E-state index contributed by atoms with van der Waals surface area (Å²) in [4.78, 5) is 11.2. The summed E-state index contributed by atoms with van der Waals surface area (Å²) in [5.74, 6) is 0.319. The zero-order valence-corrected chi connectivity index (χ0v) is 8.70. The number of nitriles is 1. The minimum atomic E-state index is -0.175. The Morgan fingerprint density at radius 2 is 2.27 bits per heavy atom. The number of hydrogen-bond donors (Lipinski definition) is 1. The Balaban J connectivity index is 3.33. The average molecular weight is 204 g/mol. The van der Waals surface area contributed by atoms with E-state index in [1.165, 1.54) is 13.0 Å². The number of ether oxygens (including phenoxy) is 1. The van der Waals surface area contributed by atoms with Crippen LogP contribution in [0.25, 0.3) is 0 Å². The number of ketones is 1. The summed E-state index contributed by atoms with van der Waals surface area (Å²) in [7, 11) is 0. The Hall–Kier alpha value is -2.02. The van der Waals surface area contributed by atoms with Crippen molar-refractivity contribution in [3.63, 3.8) is 0 Å². The predicted molar refractivity (Wildman–Crippen MR) is 56.7 cm³/mol. The Morgan fingerprint density at radius 3 is 2.73 bits per heavy atom. The predicted octanol–water partition coefficient (Wildman–Crippen LogP) is 1.74. The van der Waals surface area contributed by atoms with Crippen LogP contribution >= 0.6 is 0 Å². The number of nitrogens with two attached hydrogens (primary N) is 1. The van der Waals surface area contributed by atoms with Crippen molar-refractivity contribution >= 4 is 11.5 Å². The molecule has 4 heteroatoms. The Kier molecular flexibility index (Phi) is 3.29. The first-order valence-electron chi connectivity index (χ1n) is 4.57. The highest BCUT2D eigenvalue weighted by Crippen LogP contribution is 2.24. The molecule has 0 fully saturated rings. The minimum Gasteiger partial charge on any atom is -0.494 e. The lowest BCUT2D eigenvalue weighted by molar-refractivity contribution is 0.101. The molecule has 0 saturated carbocycles. The number of carbonyl (C=O) groups excluding carboxylic acids is 1. The fourth-order valence-corrected chi connectivity index (χ4v) is 1.26. The van der Waals surface area contributed by atoms with Crippen molar-refractivity contribution in [2.24, 2.45) is 0 Å². The van der Waals surface area contributed by atoms with Crippen LogP contribution in [0, 0.1) is 11.3 Å². The smallest absolute Gasteiger partial charge is 0.162 e. The van der Waals surface area contributed by atoms with Crippen LogP contribution in [0.4, 0.5) is 5.69 Å². The summed E-state index contributed by atoms with van der Waals surface area (Å²) in [6.45, 7) is 3.71. The highest BCUT2D eigenvalue weighted by molar-refractivity contribution is 6.00. The first-order valence-corrected chi connectivity index (χ1v) is 4.57. The summed E-state index contributed by atoms with van der Waals surface area (Å²) < 4.78 is 5.24. The summed E-state index contributed by atoms with van der Waals surface area (Å²) >= 11 is 0. The van der Waals surface area contributed by atoms with Crippen molar-refractivity contribution in [2.75, 3.05) is 12.3 Å². The molecular formula is C11H12N2O2. The number of Topliss-reactive ketones (excluding diaryl/α,β-unsaturated/α-hetero) is 1. The van der Waals surface area contributed by atoms with Gasteiger partial charge in [-0.15, -0.1) is 0 Å². The summed E-state index contributed by atoms with van der Waals surface area (Å²) in [6, 6.07) is 5.02. The van der Waals surface area contributed by atoms with Gasteiger partial charge in [0, 0.05) is 11.6 Å². The standard InChI is InChI=1S/C11H12N2O2/c1-3-15-9-4-8(6-12)11(13)10(5-9)7(2)14/h4-5H,3,13H2,1-2H3. The summed E-state index contributed by atoms with van der Waals surface area (Å²) in [5, 5.41) is 8.82. The molecule has 0 heterocycles. The van der Waals surface area contributed by atoms with Gasteiger partial charge in [0.2, 0.25) is 0 Å². The van der Waals surface area contributed by atoms with E-state index in [0.717, 1.165) is 0 Å². The van der Waals surface area contributed by atoms with E-state index in [4.69, 9.17) is 15.7 Å². The van der Waals surface area contributed by atoms with E-state index in [1.807, 2.05) is 13.0 Å². The molecule has 0 aliphatic carbocycles. The molecule has 0 atom stereocenters. The van der Waals surface area contributed by atoms with E-state index in [1.54, 1.807) is 6.07 Å². The van der Waals surface area contributed by atoms with Gasteiger partial charge >= 0.3 is 0 Å². The second-order valence-electron chi connectivity index (χ2n) is 3.03. The maximum atomic E-state index is 11.2. The van der Waals surface area contributed by atoms with Crippen LogP contribution in [0.15, 0.2) is 12.1 Å². The number of benzene rings is 1. The molecule has 0 aliphatic heterocycles. The third-order valence-corrected chi connectivity index (χ3v) is 1.96. The monoisotopic (exact) mass is 204 g/mol. The summed E-state index contributed by atoms with van der Waals surface area (Å²) in [5.41, 5.74) is 6.48. The van der Waals surface area contributed by atoms with Gasteiger partial charge in [-0.25, -0.2) is 0 Å². The van der Waals surface area contributed by atoms with E-state index < -0.39 is 0 Å². The molecule has 0 aliphatic rings. The SMILES string of the molecule is CCOc1cc(C#N)c(N)c(C(C)=O)c1. The van der Waals surface area contributed by atoms with E-state index in [2.05, 4.69) is 0 Å². The molecule has 0 spiro atoms. The highest BCUT2D eigenvalue weighted by Gasteiger charge is 2.11. The van der Waals surface area contributed by atoms with Gasteiger partial charge in [-0.1, -0.05) is 0 Å². The van der Waals surface area contributed by atoms with Gasteiger partial charge < -0.3 is 10.5 Å². The average Bonchev–Trinajstić information content (AvgIpc) is 2.20. The lowest BCUT2D eigenvalue weighted by Gasteiger charge is -2.08. The maximum Gasteiger partial charge on any atom is 0.162 e. The molecule has 0 unspecified atom stereocenters. The van der Waals surface area contributed by atoms with Gasteiger partial charge in [0.1, 0.15) is 11.8 Å². The topological polar surface area (TPSA) is 76.1 Å². The Labute approximate surface area is 88.3 Å². The van der Waals surface area contributed by atoms with E-state index in [-0.39, 0.29) is 17.0 Å². The second kappa shape index (κ2) is 4.47. The van der Waals surface area contributed by atoms with E-state index in [0.29, 0.717) is 17.9 Å². The molecule has 0 amide bonds. The molecule has 2 N–H and O–H groups in total. The fraction of sp³-hybridized carbons (Fsp3) is 0.273. The van der Waals surface area contributed by atoms with Crippen LogP contribution in [0.1, 0.15) is 29.8 Å². The number of nitrogen functional groups attached to an aromatic ring is 1. The van der Waals surface area contributed by atoms with Crippen LogP contribution in [0.3, 0.4) is 0 Å². The van der Waals surface area contributed by atoms with Crippen LogP contribution < -0.4 is 10.5 Å². The Bertz CT molecular complexity index is 433. The largest absolute Gasteiger partial charge is 0.494 e. The lowest BCUT2D eigenvalue weighted by atomic mass is 10.0. The number of carbonyl (C=O) groups is 1. The van der Waals surface area contributed by atoms with Gasteiger partial charge in [-0.3, -0.25) is 4.79 Å². The van der Waals surface area contributed by atoms with E-state index in [9.17, 15) is 4.79 Å². The molecule has 1 aromatic carbocycles. The number of rotatable bonds is 3. The molecule has 1 aromatic rings. The lowest BCUT2D eigenvalue weighted by Crippen LogP contribution is -2.04. The molecule has 4 nitrogen and oxygen atoms in total. The van der Waals surface area contributed by atoms with Crippen molar-refractivity contribution < 1.29 is 9.53 Å². The van der Waals surface area contributed by atoms with Crippen LogP contribution in [-0.4, -0.2) is 12.4 Å². The minimum absolute atomic E-state index is 0.175. The molecular weight excluding hydrogens is 192 g/mol. The van der Waals surface area contributed by atoms with Gasteiger partial charge in [0.15, 0.2) is 5.78 Å². The van der Waals surface area contributed by atoms with Crippen molar-refractivity contribution in [2.45, 2.75) is 13.8 Å². The summed E-state index contributed by atoms with van der Waals surface area (Å²) in [6.07, 6.45) is 0. The first-order chi connectivity index (χ1) is 7.10. The fourth-order valence-electron chi connectivity index (χ4n) is 1.26. The van der Waals surface area contributed by atoms with Crippen molar-refractivity contribution in [1.29, 1.82) is 5.26 Å². The zero-order chi connectivity index (χ0) is 11.4.